The smallest absolute Gasteiger partial charge is 0.0538 e. The fourth-order valence-electron chi connectivity index (χ4n) is 5.13. The van der Waals surface area contributed by atoms with Crippen LogP contribution in [0.5, 0.6) is 0 Å². The molecule has 0 radical (unpaired) electrons. The molecular formula is C27H21N. The van der Waals surface area contributed by atoms with Crippen molar-refractivity contribution < 1.29 is 0 Å². The summed E-state index contributed by atoms with van der Waals surface area (Å²) in [6, 6.07) is 33.1. The van der Waals surface area contributed by atoms with Crippen molar-refractivity contribution in [2.24, 2.45) is 0 Å². The van der Waals surface area contributed by atoms with Crippen LogP contribution < -0.4 is 0 Å². The van der Waals surface area contributed by atoms with E-state index >= 15 is 0 Å². The fourth-order valence-corrected chi connectivity index (χ4v) is 5.13. The zero-order valence-corrected chi connectivity index (χ0v) is 16.1. The summed E-state index contributed by atoms with van der Waals surface area (Å²) in [5.74, 6) is 0. The van der Waals surface area contributed by atoms with Crippen LogP contribution in [0.1, 0.15) is 25.1 Å². The van der Waals surface area contributed by atoms with E-state index in [4.69, 9.17) is 0 Å². The molecule has 0 saturated heterocycles. The summed E-state index contributed by atoms with van der Waals surface area (Å²) in [5, 5.41) is 3.91. The molecule has 0 amide bonds. The highest BCUT2D eigenvalue weighted by atomic mass is 15.0. The molecule has 1 aliphatic carbocycles. The van der Waals surface area contributed by atoms with Gasteiger partial charge in [-0.2, -0.15) is 0 Å². The van der Waals surface area contributed by atoms with Crippen LogP contribution in [0, 0.1) is 0 Å². The van der Waals surface area contributed by atoms with Crippen LogP contribution in [-0.2, 0) is 5.41 Å². The lowest BCUT2D eigenvalue weighted by atomic mass is 9.85. The standard InChI is InChI=1S/C27H21N/c1-27(2)22-15-7-5-13-20(22)25-21-14-6-8-16-24(21)28(26(25)27)23-17-9-11-18-10-3-4-12-19(18)23/h3-17H,1-2H3. The first-order chi connectivity index (χ1) is 13.7. The maximum absolute atomic E-state index is 2.51. The predicted octanol–water partition coefficient (Wildman–Crippen LogP) is 7.09. The summed E-state index contributed by atoms with van der Waals surface area (Å²) in [5.41, 5.74) is 8.07. The Kier molecular flexibility index (Phi) is 3.01. The number of fused-ring (bicyclic) bond motifs is 6. The van der Waals surface area contributed by atoms with Gasteiger partial charge in [0, 0.05) is 27.4 Å². The molecular weight excluding hydrogens is 338 g/mol. The van der Waals surface area contributed by atoms with E-state index in [0.29, 0.717) is 0 Å². The first kappa shape index (κ1) is 15.7. The lowest BCUT2D eigenvalue weighted by molar-refractivity contribution is 0.624. The van der Waals surface area contributed by atoms with E-state index in [-0.39, 0.29) is 5.41 Å². The number of benzene rings is 4. The zero-order chi connectivity index (χ0) is 18.9. The molecule has 0 bridgehead atoms. The maximum Gasteiger partial charge on any atom is 0.0538 e. The number of para-hydroxylation sites is 1. The third kappa shape index (κ3) is 1.86. The molecule has 1 nitrogen and oxygen atoms in total. The van der Waals surface area contributed by atoms with Gasteiger partial charge in [0.05, 0.1) is 11.2 Å². The van der Waals surface area contributed by atoms with E-state index in [0.717, 1.165) is 0 Å². The first-order valence-corrected chi connectivity index (χ1v) is 9.90. The van der Waals surface area contributed by atoms with Gasteiger partial charge < -0.3 is 4.57 Å². The highest BCUT2D eigenvalue weighted by molar-refractivity contribution is 6.05. The molecule has 5 aromatic rings. The molecule has 6 rings (SSSR count). The van der Waals surface area contributed by atoms with Gasteiger partial charge in [-0.15, -0.1) is 0 Å². The van der Waals surface area contributed by atoms with Gasteiger partial charge in [0.15, 0.2) is 0 Å². The van der Waals surface area contributed by atoms with Crippen molar-refractivity contribution in [2.75, 3.05) is 0 Å². The second-order valence-electron chi connectivity index (χ2n) is 8.25. The van der Waals surface area contributed by atoms with Gasteiger partial charge in [-0.1, -0.05) is 92.7 Å². The van der Waals surface area contributed by atoms with Gasteiger partial charge in [-0.25, -0.2) is 0 Å². The van der Waals surface area contributed by atoms with Crippen LogP contribution in [-0.4, -0.2) is 4.57 Å². The molecule has 1 heteroatoms. The first-order valence-electron chi connectivity index (χ1n) is 9.90. The Morgan fingerprint density at radius 1 is 0.643 bits per heavy atom. The van der Waals surface area contributed by atoms with E-state index in [1.165, 1.54) is 49.7 Å². The lowest BCUT2D eigenvalue weighted by Gasteiger charge is -2.25. The molecule has 4 aromatic carbocycles. The van der Waals surface area contributed by atoms with Crippen LogP contribution >= 0.6 is 0 Å². The van der Waals surface area contributed by atoms with Crippen LogP contribution in [0.2, 0.25) is 0 Å². The quantitative estimate of drug-likeness (QED) is 0.301. The molecule has 134 valence electrons. The summed E-state index contributed by atoms with van der Waals surface area (Å²) < 4.78 is 2.51. The minimum absolute atomic E-state index is 0.0537. The Hall–Kier alpha value is -3.32. The van der Waals surface area contributed by atoms with Crippen molar-refractivity contribution >= 4 is 21.7 Å². The Labute approximate surface area is 164 Å². The van der Waals surface area contributed by atoms with Crippen molar-refractivity contribution in [2.45, 2.75) is 19.3 Å². The van der Waals surface area contributed by atoms with Crippen molar-refractivity contribution in [3.63, 3.8) is 0 Å². The van der Waals surface area contributed by atoms with Gasteiger partial charge in [0.25, 0.3) is 0 Å². The number of hydrogen-bond donors (Lipinski definition) is 0. The summed E-state index contributed by atoms with van der Waals surface area (Å²) in [6.07, 6.45) is 0. The minimum atomic E-state index is -0.0537. The van der Waals surface area contributed by atoms with Crippen molar-refractivity contribution in [3.05, 3.63) is 102 Å². The predicted molar refractivity (Wildman–Crippen MR) is 118 cm³/mol. The lowest BCUT2D eigenvalue weighted by Crippen LogP contribution is -2.19. The second-order valence-corrected chi connectivity index (χ2v) is 8.25. The van der Waals surface area contributed by atoms with E-state index < -0.39 is 0 Å². The summed E-state index contributed by atoms with van der Waals surface area (Å²) in [7, 11) is 0. The molecule has 1 aromatic heterocycles. The normalized spacial score (nSPS) is 14.4. The molecule has 28 heavy (non-hydrogen) atoms. The number of aromatic nitrogens is 1. The fraction of sp³-hybridized carbons (Fsp3) is 0.111. The Bertz CT molecular complexity index is 1380. The maximum atomic E-state index is 2.51. The van der Waals surface area contributed by atoms with E-state index in [1.807, 2.05) is 0 Å². The molecule has 1 heterocycles. The van der Waals surface area contributed by atoms with Crippen molar-refractivity contribution in [1.82, 2.24) is 4.57 Å². The third-order valence-electron chi connectivity index (χ3n) is 6.34. The number of rotatable bonds is 1. The van der Waals surface area contributed by atoms with Crippen LogP contribution in [0.3, 0.4) is 0 Å². The van der Waals surface area contributed by atoms with Crippen molar-refractivity contribution in [3.8, 4) is 16.8 Å². The molecule has 0 N–H and O–H groups in total. The van der Waals surface area contributed by atoms with Gasteiger partial charge >= 0.3 is 0 Å². The second kappa shape index (κ2) is 5.36. The molecule has 0 unspecified atom stereocenters. The molecule has 0 spiro atoms. The SMILES string of the molecule is CC1(C)c2ccccc2-c2c1n(-c1cccc3ccccc13)c1ccccc21. The summed E-state index contributed by atoms with van der Waals surface area (Å²) in [4.78, 5) is 0. The Balaban J connectivity index is 1.84. The van der Waals surface area contributed by atoms with Gasteiger partial charge in [0.2, 0.25) is 0 Å². The summed E-state index contributed by atoms with van der Waals surface area (Å²) >= 11 is 0. The Morgan fingerprint density at radius 3 is 2.21 bits per heavy atom. The average Bonchev–Trinajstić information content (AvgIpc) is 3.20. The van der Waals surface area contributed by atoms with Crippen LogP contribution in [0.25, 0.3) is 38.5 Å². The molecule has 0 aliphatic heterocycles. The van der Waals surface area contributed by atoms with Gasteiger partial charge in [-0.05, 0) is 28.6 Å². The number of nitrogens with zero attached hydrogens (tertiary/aromatic N) is 1. The zero-order valence-electron chi connectivity index (χ0n) is 16.1. The van der Waals surface area contributed by atoms with Crippen LogP contribution in [0.15, 0.2) is 91.0 Å². The minimum Gasteiger partial charge on any atom is -0.311 e. The highest BCUT2D eigenvalue weighted by Gasteiger charge is 2.40. The summed E-state index contributed by atoms with van der Waals surface area (Å²) in [6.45, 7) is 4.72. The van der Waals surface area contributed by atoms with Gasteiger partial charge in [0.1, 0.15) is 0 Å². The van der Waals surface area contributed by atoms with Crippen molar-refractivity contribution in [1.29, 1.82) is 0 Å². The number of hydrogen-bond acceptors (Lipinski definition) is 0. The molecule has 0 saturated carbocycles. The monoisotopic (exact) mass is 359 g/mol. The largest absolute Gasteiger partial charge is 0.311 e. The topological polar surface area (TPSA) is 4.93 Å². The Morgan fingerprint density at radius 2 is 1.32 bits per heavy atom. The van der Waals surface area contributed by atoms with Crippen LogP contribution in [0.4, 0.5) is 0 Å². The highest BCUT2D eigenvalue weighted by Crippen LogP contribution is 2.53. The van der Waals surface area contributed by atoms with E-state index in [2.05, 4.69) is 109 Å². The molecule has 0 fully saturated rings. The molecule has 1 aliphatic rings. The molecule has 0 atom stereocenters. The van der Waals surface area contributed by atoms with Gasteiger partial charge in [-0.3, -0.25) is 0 Å². The average molecular weight is 359 g/mol. The third-order valence-corrected chi connectivity index (χ3v) is 6.34. The van der Waals surface area contributed by atoms with E-state index in [1.54, 1.807) is 0 Å². The van der Waals surface area contributed by atoms with E-state index in [9.17, 15) is 0 Å².